The van der Waals surface area contributed by atoms with Gasteiger partial charge in [0.05, 0.1) is 11.3 Å². The molecule has 1 heterocycles. The van der Waals surface area contributed by atoms with Crippen molar-refractivity contribution in [3.8, 4) is 0 Å². The number of nitrogens with zero attached hydrogens (tertiary/aromatic N) is 1. The highest BCUT2D eigenvalue weighted by Gasteiger charge is 2.19. The van der Waals surface area contributed by atoms with Crippen molar-refractivity contribution in [1.82, 2.24) is 5.16 Å². The Morgan fingerprint density at radius 2 is 2.33 bits per heavy atom. The second-order valence-electron chi connectivity index (χ2n) is 3.36. The van der Waals surface area contributed by atoms with E-state index in [0.29, 0.717) is 12.3 Å². The zero-order valence-electron chi connectivity index (χ0n) is 7.63. The molecule has 12 heavy (non-hydrogen) atoms. The van der Waals surface area contributed by atoms with E-state index in [2.05, 4.69) is 5.16 Å². The van der Waals surface area contributed by atoms with Gasteiger partial charge in [0.2, 0.25) is 5.88 Å². The zero-order valence-corrected chi connectivity index (χ0v) is 7.63. The Bertz CT molecular complexity index is 255. The Morgan fingerprint density at radius 3 is 2.75 bits per heavy atom. The summed E-state index contributed by atoms with van der Waals surface area (Å²) in [5.41, 5.74) is 5.97. The van der Waals surface area contributed by atoms with E-state index >= 15 is 0 Å². The summed E-state index contributed by atoms with van der Waals surface area (Å²) in [5, 5.41) is 3.77. The second kappa shape index (κ2) is 3.15. The van der Waals surface area contributed by atoms with Gasteiger partial charge < -0.3 is 15.0 Å². The molecule has 0 spiro atoms. The van der Waals surface area contributed by atoms with E-state index in [0.717, 1.165) is 5.69 Å². The van der Waals surface area contributed by atoms with Gasteiger partial charge in [-0.3, -0.25) is 0 Å². The first-order valence-electron chi connectivity index (χ1n) is 3.80. The van der Waals surface area contributed by atoms with Crippen molar-refractivity contribution in [2.24, 2.45) is 0 Å². The number of hydrogen-bond acceptors (Lipinski definition) is 4. The molecular formula is C8H14N2O2. The van der Waals surface area contributed by atoms with Gasteiger partial charge in [0, 0.05) is 19.6 Å². The minimum atomic E-state index is -0.219. The van der Waals surface area contributed by atoms with Crippen molar-refractivity contribution in [2.45, 2.75) is 25.9 Å². The lowest BCUT2D eigenvalue weighted by Gasteiger charge is -2.20. The maximum absolute atomic E-state index is 5.37. The van der Waals surface area contributed by atoms with Crippen LogP contribution in [0.2, 0.25) is 0 Å². The molecule has 0 unspecified atom stereocenters. The normalized spacial score (nSPS) is 11.9. The molecule has 0 saturated heterocycles. The molecule has 0 aliphatic heterocycles. The van der Waals surface area contributed by atoms with Crippen molar-refractivity contribution >= 4 is 5.88 Å². The number of rotatable bonds is 3. The molecule has 0 atom stereocenters. The van der Waals surface area contributed by atoms with E-state index in [1.165, 1.54) is 0 Å². The molecule has 1 rings (SSSR count). The number of methoxy groups -OCH3 is 1. The maximum Gasteiger partial charge on any atom is 0.222 e. The zero-order chi connectivity index (χ0) is 9.19. The highest BCUT2D eigenvalue weighted by atomic mass is 16.5. The number of hydrogen-bond donors (Lipinski definition) is 1. The SMILES string of the molecule is COC(C)(C)Cc1cc(N)on1. The van der Waals surface area contributed by atoms with Gasteiger partial charge in [0.15, 0.2) is 0 Å². The molecule has 0 saturated carbocycles. The molecule has 0 aliphatic rings. The predicted molar refractivity (Wildman–Crippen MR) is 45.7 cm³/mol. The van der Waals surface area contributed by atoms with Gasteiger partial charge >= 0.3 is 0 Å². The Kier molecular flexibility index (Phi) is 2.38. The van der Waals surface area contributed by atoms with Gasteiger partial charge in [0.25, 0.3) is 0 Å². The monoisotopic (exact) mass is 170 g/mol. The van der Waals surface area contributed by atoms with Crippen LogP contribution in [0, 0.1) is 0 Å². The molecule has 0 fully saturated rings. The number of anilines is 1. The van der Waals surface area contributed by atoms with E-state index < -0.39 is 0 Å². The van der Waals surface area contributed by atoms with Crippen LogP contribution in [0.5, 0.6) is 0 Å². The number of aromatic nitrogens is 1. The van der Waals surface area contributed by atoms with Crippen molar-refractivity contribution < 1.29 is 9.26 Å². The quantitative estimate of drug-likeness (QED) is 0.741. The third-order valence-corrected chi connectivity index (χ3v) is 1.74. The third kappa shape index (κ3) is 2.23. The largest absolute Gasteiger partial charge is 0.378 e. The molecule has 2 N–H and O–H groups in total. The molecule has 68 valence electrons. The Morgan fingerprint density at radius 1 is 1.67 bits per heavy atom. The van der Waals surface area contributed by atoms with Gasteiger partial charge in [-0.25, -0.2) is 0 Å². The van der Waals surface area contributed by atoms with Gasteiger partial charge in [-0.15, -0.1) is 0 Å². The average molecular weight is 170 g/mol. The van der Waals surface area contributed by atoms with Gasteiger partial charge in [0.1, 0.15) is 0 Å². The minimum Gasteiger partial charge on any atom is -0.378 e. The summed E-state index contributed by atoms with van der Waals surface area (Å²) < 4.78 is 9.96. The van der Waals surface area contributed by atoms with E-state index in [9.17, 15) is 0 Å². The summed E-state index contributed by atoms with van der Waals surface area (Å²) in [6.45, 7) is 3.97. The molecule has 0 amide bonds. The Labute approximate surface area is 71.7 Å². The van der Waals surface area contributed by atoms with Crippen LogP contribution in [-0.2, 0) is 11.2 Å². The van der Waals surface area contributed by atoms with Crippen LogP contribution in [0.3, 0.4) is 0 Å². The maximum atomic E-state index is 5.37. The van der Waals surface area contributed by atoms with Crippen molar-refractivity contribution in [3.05, 3.63) is 11.8 Å². The van der Waals surface area contributed by atoms with E-state index in [1.54, 1.807) is 13.2 Å². The molecule has 1 aromatic heterocycles. The highest BCUT2D eigenvalue weighted by Crippen LogP contribution is 2.16. The molecule has 0 aliphatic carbocycles. The Hall–Kier alpha value is -1.03. The second-order valence-corrected chi connectivity index (χ2v) is 3.36. The lowest BCUT2D eigenvalue weighted by Crippen LogP contribution is -2.25. The first-order valence-corrected chi connectivity index (χ1v) is 3.80. The fourth-order valence-corrected chi connectivity index (χ4v) is 0.920. The van der Waals surface area contributed by atoms with Gasteiger partial charge in [-0.1, -0.05) is 5.16 Å². The molecule has 4 nitrogen and oxygen atoms in total. The first-order chi connectivity index (χ1) is 5.53. The number of ether oxygens (including phenoxy) is 1. The first kappa shape index (κ1) is 9.06. The molecule has 4 heteroatoms. The van der Waals surface area contributed by atoms with Crippen LogP contribution in [0.25, 0.3) is 0 Å². The summed E-state index contributed by atoms with van der Waals surface area (Å²) in [6.07, 6.45) is 0.699. The van der Waals surface area contributed by atoms with E-state index in [1.807, 2.05) is 13.8 Å². The predicted octanol–water partition coefficient (Wildman–Crippen LogP) is 1.22. The van der Waals surface area contributed by atoms with Gasteiger partial charge in [-0.2, -0.15) is 0 Å². The smallest absolute Gasteiger partial charge is 0.222 e. The van der Waals surface area contributed by atoms with E-state index in [4.69, 9.17) is 15.0 Å². The molecule has 0 bridgehead atoms. The van der Waals surface area contributed by atoms with Crippen LogP contribution < -0.4 is 5.73 Å². The molecule has 0 radical (unpaired) electrons. The fraction of sp³-hybridized carbons (Fsp3) is 0.625. The summed E-state index contributed by atoms with van der Waals surface area (Å²) in [5.74, 6) is 0.344. The summed E-state index contributed by atoms with van der Waals surface area (Å²) in [7, 11) is 1.67. The molecular weight excluding hydrogens is 156 g/mol. The lowest BCUT2D eigenvalue weighted by molar-refractivity contribution is 0.0218. The van der Waals surface area contributed by atoms with Crippen LogP contribution >= 0.6 is 0 Å². The third-order valence-electron chi connectivity index (χ3n) is 1.74. The number of nitrogens with two attached hydrogens (primary N) is 1. The lowest BCUT2D eigenvalue weighted by atomic mass is 10.0. The molecule has 0 aromatic carbocycles. The highest BCUT2D eigenvalue weighted by molar-refractivity contribution is 5.24. The van der Waals surface area contributed by atoms with Gasteiger partial charge in [-0.05, 0) is 13.8 Å². The number of nitrogen functional groups attached to an aromatic ring is 1. The van der Waals surface area contributed by atoms with Crippen molar-refractivity contribution in [2.75, 3.05) is 12.8 Å². The van der Waals surface area contributed by atoms with Crippen LogP contribution in [0.1, 0.15) is 19.5 Å². The topological polar surface area (TPSA) is 61.3 Å². The van der Waals surface area contributed by atoms with Crippen LogP contribution in [0.15, 0.2) is 10.6 Å². The van der Waals surface area contributed by atoms with Crippen molar-refractivity contribution in [3.63, 3.8) is 0 Å². The molecule has 1 aromatic rings. The van der Waals surface area contributed by atoms with E-state index in [-0.39, 0.29) is 5.60 Å². The summed E-state index contributed by atoms with van der Waals surface area (Å²) in [6, 6.07) is 1.71. The standard InChI is InChI=1S/C8H14N2O2/c1-8(2,11-3)5-6-4-7(9)12-10-6/h4H,5,9H2,1-3H3. The summed E-state index contributed by atoms with van der Waals surface area (Å²) >= 11 is 0. The van der Waals surface area contributed by atoms with Crippen molar-refractivity contribution in [1.29, 1.82) is 0 Å². The average Bonchev–Trinajstić information content (AvgIpc) is 2.35. The van der Waals surface area contributed by atoms with Crippen LogP contribution in [0.4, 0.5) is 5.88 Å². The summed E-state index contributed by atoms with van der Waals surface area (Å²) in [4.78, 5) is 0. The minimum absolute atomic E-state index is 0.219. The fourth-order valence-electron chi connectivity index (χ4n) is 0.920. The van der Waals surface area contributed by atoms with Crippen LogP contribution in [-0.4, -0.2) is 17.9 Å². The Balaban J connectivity index is 2.63.